The summed E-state index contributed by atoms with van der Waals surface area (Å²) in [5, 5.41) is 2.87. The van der Waals surface area contributed by atoms with Crippen molar-refractivity contribution in [2.75, 3.05) is 12.4 Å². The predicted octanol–water partition coefficient (Wildman–Crippen LogP) is 4.11. The number of methoxy groups -OCH3 is 1. The van der Waals surface area contributed by atoms with Crippen LogP contribution in [0.15, 0.2) is 42.5 Å². The van der Waals surface area contributed by atoms with E-state index in [2.05, 4.69) is 5.32 Å². The Hall–Kier alpha value is -2.49. The molecule has 0 aliphatic carbocycles. The molecule has 0 spiro atoms. The van der Waals surface area contributed by atoms with E-state index in [-0.39, 0.29) is 5.91 Å². The number of anilines is 1. The lowest BCUT2D eigenvalue weighted by Crippen LogP contribution is -2.32. The molecule has 0 unspecified atom stereocenters. The molecule has 0 aliphatic rings. The minimum atomic E-state index is -0.554. The zero-order valence-electron chi connectivity index (χ0n) is 14.1. The molecule has 1 N–H and O–H groups in total. The van der Waals surface area contributed by atoms with Crippen molar-refractivity contribution >= 4 is 11.6 Å². The molecule has 0 aliphatic heterocycles. The number of hydrogen-bond acceptors (Lipinski definition) is 3. The van der Waals surface area contributed by atoms with Crippen molar-refractivity contribution in [3.63, 3.8) is 0 Å². The first kappa shape index (κ1) is 16.9. The van der Waals surface area contributed by atoms with Crippen molar-refractivity contribution in [1.29, 1.82) is 0 Å². The maximum absolute atomic E-state index is 12.5. The third-order valence-corrected chi connectivity index (χ3v) is 3.63. The van der Waals surface area contributed by atoms with Gasteiger partial charge in [0.1, 0.15) is 11.5 Å². The quantitative estimate of drug-likeness (QED) is 0.873. The van der Waals surface area contributed by atoms with E-state index >= 15 is 0 Å². The van der Waals surface area contributed by atoms with Crippen LogP contribution < -0.4 is 14.8 Å². The normalized spacial score (nSPS) is 11.7. The van der Waals surface area contributed by atoms with Gasteiger partial charge >= 0.3 is 0 Å². The molecular formula is C19H23NO3. The van der Waals surface area contributed by atoms with Gasteiger partial charge in [0.05, 0.1) is 12.8 Å². The van der Waals surface area contributed by atoms with E-state index in [9.17, 15) is 4.79 Å². The second-order valence-corrected chi connectivity index (χ2v) is 5.47. The Morgan fingerprint density at radius 1 is 1.13 bits per heavy atom. The molecule has 4 nitrogen and oxygen atoms in total. The van der Waals surface area contributed by atoms with Gasteiger partial charge in [-0.1, -0.05) is 36.8 Å². The molecule has 122 valence electrons. The molecule has 0 fully saturated rings. The summed E-state index contributed by atoms with van der Waals surface area (Å²) < 4.78 is 11.2. The number of carbonyl (C=O) groups is 1. The summed E-state index contributed by atoms with van der Waals surface area (Å²) in [6, 6.07) is 13.3. The molecule has 23 heavy (non-hydrogen) atoms. The summed E-state index contributed by atoms with van der Waals surface area (Å²) >= 11 is 0. The first-order valence-corrected chi connectivity index (χ1v) is 7.73. The van der Waals surface area contributed by atoms with E-state index in [1.54, 1.807) is 13.2 Å². The molecule has 0 saturated carbocycles. The van der Waals surface area contributed by atoms with Gasteiger partial charge in [0.2, 0.25) is 0 Å². The van der Waals surface area contributed by atoms with Crippen LogP contribution in [-0.2, 0) is 4.79 Å². The average molecular weight is 313 g/mol. The Labute approximate surface area is 137 Å². The number of benzene rings is 2. The van der Waals surface area contributed by atoms with E-state index in [0.717, 1.165) is 11.3 Å². The Balaban J connectivity index is 2.12. The van der Waals surface area contributed by atoms with Crippen LogP contribution in [0.4, 0.5) is 5.69 Å². The van der Waals surface area contributed by atoms with Gasteiger partial charge in [-0.05, 0) is 44.0 Å². The Morgan fingerprint density at radius 2 is 1.87 bits per heavy atom. The van der Waals surface area contributed by atoms with Crippen LogP contribution in [0, 0.1) is 13.8 Å². The highest BCUT2D eigenvalue weighted by molar-refractivity contribution is 5.95. The number of amides is 1. The fraction of sp³-hybridized carbons (Fsp3) is 0.316. The highest BCUT2D eigenvalue weighted by Gasteiger charge is 2.20. The number of para-hydroxylation sites is 2. The lowest BCUT2D eigenvalue weighted by Gasteiger charge is -2.19. The van der Waals surface area contributed by atoms with Crippen molar-refractivity contribution < 1.29 is 14.3 Å². The minimum absolute atomic E-state index is 0.183. The van der Waals surface area contributed by atoms with Crippen LogP contribution in [0.25, 0.3) is 0 Å². The van der Waals surface area contributed by atoms with Crippen molar-refractivity contribution in [2.45, 2.75) is 33.3 Å². The van der Waals surface area contributed by atoms with E-state index in [1.807, 2.05) is 57.2 Å². The molecule has 0 saturated heterocycles. The summed E-state index contributed by atoms with van der Waals surface area (Å²) in [7, 11) is 1.58. The van der Waals surface area contributed by atoms with Gasteiger partial charge in [0.25, 0.3) is 5.91 Å². The van der Waals surface area contributed by atoms with Crippen LogP contribution in [0.2, 0.25) is 0 Å². The molecule has 0 aromatic heterocycles. The third kappa shape index (κ3) is 4.25. The fourth-order valence-corrected chi connectivity index (χ4v) is 2.37. The first-order chi connectivity index (χ1) is 11.0. The highest BCUT2D eigenvalue weighted by Crippen LogP contribution is 2.25. The topological polar surface area (TPSA) is 47.6 Å². The second-order valence-electron chi connectivity index (χ2n) is 5.47. The molecule has 0 bridgehead atoms. The molecule has 0 radical (unpaired) electrons. The Morgan fingerprint density at radius 3 is 2.52 bits per heavy atom. The van der Waals surface area contributed by atoms with Gasteiger partial charge in [-0.3, -0.25) is 4.79 Å². The molecule has 0 heterocycles. The maximum atomic E-state index is 12.5. The number of hydrogen-bond donors (Lipinski definition) is 1. The highest BCUT2D eigenvalue weighted by atomic mass is 16.5. The van der Waals surface area contributed by atoms with Gasteiger partial charge in [-0.25, -0.2) is 0 Å². The smallest absolute Gasteiger partial charge is 0.265 e. The number of rotatable bonds is 6. The third-order valence-electron chi connectivity index (χ3n) is 3.63. The van der Waals surface area contributed by atoms with Crippen LogP contribution in [0.3, 0.4) is 0 Å². The lowest BCUT2D eigenvalue weighted by atomic mass is 10.1. The van der Waals surface area contributed by atoms with Crippen molar-refractivity contribution in [3.8, 4) is 11.5 Å². The Kier molecular flexibility index (Phi) is 5.63. The lowest BCUT2D eigenvalue weighted by molar-refractivity contribution is -0.122. The fourth-order valence-electron chi connectivity index (χ4n) is 2.37. The van der Waals surface area contributed by atoms with Crippen LogP contribution in [0.1, 0.15) is 24.5 Å². The van der Waals surface area contributed by atoms with E-state index in [0.29, 0.717) is 17.9 Å². The minimum Gasteiger partial charge on any atom is -0.495 e. The summed E-state index contributed by atoms with van der Waals surface area (Å²) in [6.07, 6.45) is 0.0233. The first-order valence-electron chi connectivity index (χ1n) is 7.73. The summed E-state index contributed by atoms with van der Waals surface area (Å²) in [5.41, 5.74) is 2.83. The molecule has 1 atom stereocenters. The summed E-state index contributed by atoms with van der Waals surface area (Å²) in [6.45, 7) is 5.94. The number of aryl methyl sites for hydroxylation is 2. The number of ether oxygens (including phenoxy) is 2. The predicted molar refractivity (Wildman–Crippen MR) is 92.2 cm³/mol. The van der Waals surface area contributed by atoms with E-state index in [4.69, 9.17) is 9.47 Å². The van der Waals surface area contributed by atoms with Crippen LogP contribution in [0.5, 0.6) is 11.5 Å². The zero-order valence-corrected chi connectivity index (χ0v) is 14.1. The largest absolute Gasteiger partial charge is 0.495 e. The van der Waals surface area contributed by atoms with Gasteiger partial charge in [0, 0.05) is 0 Å². The molecule has 2 aromatic carbocycles. The summed E-state index contributed by atoms with van der Waals surface area (Å²) in [5.74, 6) is 1.18. The number of carbonyl (C=O) groups excluding carboxylic acids is 1. The molecule has 4 heteroatoms. The monoisotopic (exact) mass is 313 g/mol. The van der Waals surface area contributed by atoms with Crippen LogP contribution >= 0.6 is 0 Å². The van der Waals surface area contributed by atoms with Gasteiger partial charge in [-0.15, -0.1) is 0 Å². The molecule has 1 amide bonds. The van der Waals surface area contributed by atoms with E-state index in [1.165, 1.54) is 5.56 Å². The van der Waals surface area contributed by atoms with Crippen LogP contribution in [-0.4, -0.2) is 19.1 Å². The van der Waals surface area contributed by atoms with Gasteiger partial charge in [0.15, 0.2) is 6.10 Å². The van der Waals surface area contributed by atoms with Crippen molar-refractivity contribution in [1.82, 2.24) is 0 Å². The van der Waals surface area contributed by atoms with Gasteiger partial charge < -0.3 is 14.8 Å². The summed E-state index contributed by atoms with van der Waals surface area (Å²) in [4.78, 5) is 12.5. The maximum Gasteiger partial charge on any atom is 0.265 e. The SMILES string of the molecule is CC[C@@H](Oc1ccc(C)cc1C)C(=O)Nc1ccccc1OC. The Bertz CT molecular complexity index is 682. The van der Waals surface area contributed by atoms with Crippen molar-refractivity contribution in [2.24, 2.45) is 0 Å². The van der Waals surface area contributed by atoms with E-state index < -0.39 is 6.10 Å². The zero-order chi connectivity index (χ0) is 16.8. The molecular weight excluding hydrogens is 290 g/mol. The van der Waals surface area contributed by atoms with Gasteiger partial charge in [-0.2, -0.15) is 0 Å². The second kappa shape index (κ2) is 7.68. The number of nitrogens with one attached hydrogen (secondary N) is 1. The van der Waals surface area contributed by atoms with Crippen molar-refractivity contribution in [3.05, 3.63) is 53.6 Å². The molecule has 2 rings (SSSR count). The average Bonchev–Trinajstić information content (AvgIpc) is 2.54. The standard InChI is InChI=1S/C19H23NO3/c1-5-16(23-17-11-10-13(2)12-14(17)3)19(21)20-15-8-6-7-9-18(15)22-4/h6-12,16H,5H2,1-4H3,(H,20,21)/t16-/m1/s1. The molecule has 2 aromatic rings.